The molecule has 0 amide bonds. The highest BCUT2D eigenvalue weighted by Crippen LogP contribution is 2.17. The summed E-state index contributed by atoms with van der Waals surface area (Å²) in [5.74, 6) is -0.931. The molecule has 0 aliphatic heterocycles. The van der Waals surface area contributed by atoms with Crippen molar-refractivity contribution < 1.29 is 9.31 Å². The molecule has 0 radical (unpaired) electrons. The summed E-state index contributed by atoms with van der Waals surface area (Å²) in [6.45, 7) is 4.00. The first-order valence-electron chi connectivity index (χ1n) is 3.99. The summed E-state index contributed by atoms with van der Waals surface area (Å²) in [6, 6.07) is 4.66. The summed E-state index contributed by atoms with van der Waals surface area (Å²) in [6.07, 6.45) is 0. The Labute approximate surface area is 80.7 Å². The molecule has 0 aromatic heterocycles. The Balaban J connectivity index is 0.000000791. The van der Waals surface area contributed by atoms with Crippen LogP contribution in [0.2, 0.25) is 0 Å². The van der Waals surface area contributed by atoms with Gasteiger partial charge in [-0.05, 0) is 12.1 Å². The first kappa shape index (κ1) is 12.0. The van der Waals surface area contributed by atoms with E-state index in [1.807, 2.05) is 13.8 Å². The average Bonchev–Trinajstić information content (AvgIpc) is 2.21. The maximum Gasteiger partial charge on any atom is 0.306 e. The van der Waals surface area contributed by atoms with E-state index in [0.717, 1.165) is 12.1 Å². The Kier molecular flexibility index (Phi) is 4.86. The standard InChI is InChI=1S/C7H3FN2O2.C2H6/c8-6-2-1-5(4-9)3-7(6)10(11)12;1-2/h1-3H;1-2H3. The van der Waals surface area contributed by atoms with Gasteiger partial charge in [-0.1, -0.05) is 13.8 Å². The van der Waals surface area contributed by atoms with E-state index >= 15 is 0 Å². The van der Waals surface area contributed by atoms with Crippen molar-refractivity contribution >= 4 is 5.69 Å². The van der Waals surface area contributed by atoms with Crippen molar-refractivity contribution in [1.29, 1.82) is 5.26 Å². The second-order valence-electron chi connectivity index (χ2n) is 2.04. The van der Waals surface area contributed by atoms with Crippen molar-refractivity contribution in [2.45, 2.75) is 13.8 Å². The van der Waals surface area contributed by atoms with Crippen LogP contribution in [-0.4, -0.2) is 4.92 Å². The number of nitrogens with zero attached hydrogens (tertiary/aromatic N) is 2. The van der Waals surface area contributed by atoms with Crippen molar-refractivity contribution in [3.05, 3.63) is 39.7 Å². The van der Waals surface area contributed by atoms with E-state index in [1.165, 1.54) is 6.07 Å². The van der Waals surface area contributed by atoms with Gasteiger partial charge in [0.15, 0.2) is 0 Å². The molecule has 0 heterocycles. The summed E-state index contributed by atoms with van der Waals surface area (Å²) >= 11 is 0. The molecule has 0 fully saturated rings. The molecule has 0 aliphatic carbocycles. The zero-order valence-electron chi connectivity index (χ0n) is 7.82. The SMILES string of the molecule is CC.N#Cc1ccc(F)c([N+](=O)[O-])c1. The summed E-state index contributed by atoms with van der Waals surface area (Å²) < 4.78 is 12.6. The lowest BCUT2D eigenvalue weighted by molar-refractivity contribution is -0.387. The third-order valence-corrected chi connectivity index (χ3v) is 1.27. The minimum absolute atomic E-state index is 0.0723. The summed E-state index contributed by atoms with van der Waals surface area (Å²) in [5, 5.41) is 18.5. The van der Waals surface area contributed by atoms with E-state index in [-0.39, 0.29) is 5.56 Å². The predicted octanol–water partition coefficient (Wildman–Crippen LogP) is 2.63. The highest BCUT2D eigenvalue weighted by atomic mass is 19.1. The molecule has 1 aromatic carbocycles. The molecule has 0 bridgehead atoms. The molecule has 0 aliphatic rings. The number of hydrogen-bond donors (Lipinski definition) is 0. The van der Waals surface area contributed by atoms with Gasteiger partial charge in [-0.2, -0.15) is 9.65 Å². The van der Waals surface area contributed by atoms with Gasteiger partial charge in [0.05, 0.1) is 16.6 Å². The third kappa shape index (κ3) is 2.83. The number of nitro groups is 1. The molecule has 0 spiro atoms. The Morgan fingerprint density at radius 2 is 2.07 bits per heavy atom. The second kappa shape index (κ2) is 5.65. The Bertz CT molecular complexity index is 372. The normalized spacial score (nSPS) is 8.14. The highest BCUT2D eigenvalue weighted by molar-refractivity contribution is 5.41. The van der Waals surface area contributed by atoms with Crippen molar-refractivity contribution in [3.63, 3.8) is 0 Å². The number of nitriles is 1. The van der Waals surface area contributed by atoms with Crippen molar-refractivity contribution in [3.8, 4) is 6.07 Å². The van der Waals surface area contributed by atoms with Crippen LogP contribution in [0, 0.1) is 27.3 Å². The van der Waals surface area contributed by atoms with Crippen LogP contribution >= 0.6 is 0 Å². The van der Waals surface area contributed by atoms with E-state index in [9.17, 15) is 14.5 Å². The molecule has 0 saturated carbocycles. The molecule has 1 aromatic rings. The zero-order chi connectivity index (χ0) is 11.1. The van der Waals surface area contributed by atoms with Crippen LogP contribution < -0.4 is 0 Å². The van der Waals surface area contributed by atoms with E-state index in [0.29, 0.717) is 0 Å². The zero-order valence-corrected chi connectivity index (χ0v) is 7.82. The molecule has 0 saturated heterocycles. The van der Waals surface area contributed by atoms with Gasteiger partial charge in [-0.25, -0.2) is 0 Å². The molecule has 0 unspecified atom stereocenters. The monoisotopic (exact) mass is 196 g/mol. The minimum Gasteiger partial charge on any atom is -0.258 e. The van der Waals surface area contributed by atoms with Crippen LogP contribution in [-0.2, 0) is 0 Å². The average molecular weight is 196 g/mol. The quantitative estimate of drug-likeness (QED) is 0.512. The fourth-order valence-electron chi connectivity index (χ4n) is 0.722. The van der Waals surface area contributed by atoms with Crippen LogP contribution in [0.15, 0.2) is 18.2 Å². The first-order chi connectivity index (χ1) is 6.65. The van der Waals surface area contributed by atoms with E-state index < -0.39 is 16.4 Å². The van der Waals surface area contributed by atoms with Gasteiger partial charge < -0.3 is 0 Å². The predicted molar refractivity (Wildman–Crippen MR) is 49.1 cm³/mol. The van der Waals surface area contributed by atoms with Crippen molar-refractivity contribution in [2.24, 2.45) is 0 Å². The smallest absolute Gasteiger partial charge is 0.258 e. The van der Waals surface area contributed by atoms with Crippen LogP contribution in [0.3, 0.4) is 0 Å². The molecular weight excluding hydrogens is 187 g/mol. The summed E-state index contributed by atoms with van der Waals surface area (Å²) in [5.41, 5.74) is -0.600. The number of benzene rings is 1. The molecule has 14 heavy (non-hydrogen) atoms. The van der Waals surface area contributed by atoms with Gasteiger partial charge in [0.1, 0.15) is 0 Å². The molecular formula is C9H9FN2O2. The van der Waals surface area contributed by atoms with Crippen LogP contribution in [0.5, 0.6) is 0 Å². The van der Waals surface area contributed by atoms with Crippen molar-refractivity contribution in [2.75, 3.05) is 0 Å². The Hall–Kier alpha value is -1.96. The molecule has 0 atom stereocenters. The van der Waals surface area contributed by atoms with Crippen LogP contribution in [0.4, 0.5) is 10.1 Å². The van der Waals surface area contributed by atoms with Gasteiger partial charge in [0, 0.05) is 6.07 Å². The fraction of sp³-hybridized carbons (Fsp3) is 0.222. The van der Waals surface area contributed by atoms with Crippen LogP contribution in [0.25, 0.3) is 0 Å². The maximum absolute atomic E-state index is 12.6. The molecule has 1 rings (SSSR count). The maximum atomic E-state index is 12.6. The van der Waals surface area contributed by atoms with Gasteiger partial charge in [0.2, 0.25) is 5.82 Å². The third-order valence-electron chi connectivity index (χ3n) is 1.27. The lowest BCUT2D eigenvalue weighted by Gasteiger charge is -1.92. The number of rotatable bonds is 1. The van der Waals surface area contributed by atoms with Crippen molar-refractivity contribution in [1.82, 2.24) is 0 Å². The van der Waals surface area contributed by atoms with E-state index in [4.69, 9.17) is 5.26 Å². The van der Waals surface area contributed by atoms with Crippen LogP contribution in [0.1, 0.15) is 19.4 Å². The Morgan fingerprint density at radius 1 is 1.50 bits per heavy atom. The van der Waals surface area contributed by atoms with E-state index in [2.05, 4.69) is 0 Å². The molecule has 5 heteroatoms. The highest BCUT2D eigenvalue weighted by Gasteiger charge is 2.13. The molecule has 74 valence electrons. The Morgan fingerprint density at radius 3 is 2.50 bits per heavy atom. The first-order valence-corrected chi connectivity index (χ1v) is 3.99. The summed E-state index contributed by atoms with van der Waals surface area (Å²) in [4.78, 5) is 9.28. The van der Waals surface area contributed by atoms with Gasteiger partial charge in [-0.3, -0.25) is 10.1 Å². The minimum atomic E-state index is -0.931. The number of halogens is 1. The summed E-state index contributed by atoms with van der Waals surface area (Å²) in [7, 11) is 0. The van der Waals surface area contributed by atoms with Gasteiger partial charge in [-0.15, -0.1) is 0 Å². The lowest BCUT2D eigenvalue weighted by Crippen LogP contribution is -1.92. The number of nitro benzene ring substituents is 1. The largest absolute Gasteiger partial charge is 0.306 e. The lowest BCUT2D eigenvalue weighted by atomic mass is 10.2. The second-order valence-corrected chi connectivity index (χ2v) is 2.04. The molecule has 0 N–H and O–H groups in total. The molecule has 4 nitrogen and oxygen atoms in total. The fourth-order valence-corrected chi connectivity index (χ4v) is 0.722. The van der Waals surface area contributed by atoms with Gasteiger partial charge in [0.25, 0.3) is 0 Å². The topological polar surface area (TPSA) is 66.9 Å². The van der Waals surface area contributed by atoms with E-state index in [1.54, 1.807) is 6.07 Å². The number of hydrogen-bond acceptors (Lipinski definition) is 3. The van der Waals surface area contributed by atoms with Gasteiger partial charge >= 0.3 is 5.69 Å².